The molecule has 36 heavy (non-hydrogen) atoms. The van der Waals surface area contributed by atoms with Gasteiger partial charge in [-0.1, -0.05) is 58.4 Å². The Hall–Kier alpha value is -1.34. The average Bonchev–Trinajstić information content (AvgIpc) is 3.60. The molecule has 0 aromatic carbocycles. The van der Waals surface area contributed by atoms with E-state index in [1.807, 2.05) is 64.7 Å². The zero-order chi connectivity index (χ0) is 25.1. The number of unbranched alkanes of at least 4 members (excludes halogenated alkanes) is 6. The van der Waals surface area contributed by atoms with Crippen LogP contribution in [0.3, 0.4) is 0 Å². The standard InChI is InChI=1S/C30H38N2S4/c1-3-5-7-11-21-33-28-16-14-26(35-28)30(18-20-32-25(23-30)24-13-9-10-19-31-24)27-15-17-29(36-27)34-22-12-8-6-4-2/h9-10,13-20H,3-8,11-12,21-23H2,1-2H3. The predicted octanol–water partition coefficient (Wildman–Crippen LogP) is 10.2. The lowest BCUT2D eigenvalue weighted by atomic mass is 9.77. The molecular formula is C30H38N2S4. The molecule has 192 valence electrons. The Morgan fingerprint density at radius 2 is 1.42 bits per heavy atom. The SMILES string of the molecule is CCCCCCSc1ccc(C2(c3ccc(SCCCCCC)s3)C=CN=C(c3ccccn3)C2)s1. The zero-order valence-corrected chi connectivity index (χ0v) is 24.8. The van der Waals surface area contributed by atoms with Crippen molar-refractivity contribution in [2.45, 2.75) is 85.5 Å². The van der Waals surface area contributed by atoms with Crippen molar-refractivity contribution in [2.75, 3.05) is 11.5 Å². The van der Waals surface area contributed by atoms with Gasteiger partial charge in [-0.2, -0.15) is 0 Å². The molecule has 4 heterocycles. The monoisotopic (exact) mass is 554 g/mol. The van der Waals surface area contributed by atoms with Gasteiger partial charge in [0.25, 0.3) is 0 Å². The molecule has 0 fully saturated rings. The van der Waals surface area contributed by atoms with Crippen molar-refractivity contribution >= 4 is 51.9 Å². The maximum Gasteiger partial charge on any atom is 0.0844 e. The van der Waals surface area contributed by atoms with Crippen LogP contribution in [0.5, 0.6) is 0 Å². The van der Waals surface area contributed by atoms with Crippen molar-refractivity contribution in [2.24, 2.45) is 4.99 Å². The summed E-state index contributed by atoms with van der Waals surface area (Å²) in [4.78, 5) is 12.3. The number of hydrogen-bond acceptors (Lipinski definition) is 6. The van der Waals surface area contributed by atoms with Crippen LogP contribution in [0, 0.1) is 0 Å². The molecule has 0 saturated carbocycles. The van der Waals surface area contributed by atoms with Crippen LogP contribution in [0.15, 0.2) is 74.3 Å². The normalized spacial score (nSPS) is 14.8. The van der Waals surface area contributed by atoms with Gasteiger partial charge in [0.05, 0.1) is 25.2 Å². The molecule has 0 atom stereocenters. The molecule has 0 radical (unpaired) electrons. The molecule has 0 bridgehead atoms. The van der Waals surface area contributed by atoms with E-state index in [-0.39, 0.29) is 5.41 Å². The number of nitrogens with zero attached hydrogens (tertiary/aromatic N) is 2. The summed E-state index contributed by atoms with van der Waals surface area (Å²) in [6.45, 7) is 4.55. The summed E-state index contributed by atoms with van der Waals surface area (Å²) in [5, 5.41) is 0. The van der Waals surface area contributed by atoms with Gasteiger partial charge in [0.1, 0.15) is 0 Å². The third-order valence-electron chi connectivity index (χ3n) is 6.52. The Labute approximate surface area is 234 Å². The van der Waals surface area contributed by atoms with Crippen LogP contribution in [0.2, 0.25) is 0 Å². The van der Waals surface area contributed by atoms with Crippen molar-refractivity contribution in [3.8, 4) is 0 Å². The Kier molecular flexibility index (Phi) is 11.2. The summed E-state index contributed by atoms with van der Waals surface area (Å²) in [5.41, 5.74) is 1.88. The lowest BCUT2D eigenvalue weighted by Crippen LogP contribution is -2.29. The minimum Gasteiger partial charge on any atom is -0.259 e. The summed E-state index contributed by atoms with van der Waals surface area (Å²) < 4.78 is 2.86. The average molecular weight is 555 g/mol. The number of rotatable bonds is 15. The number of aliphatic imine (C=N–C) groups is 1. The quantitative estimate of drug-likeness (QED) is 0.138. The van der Waals surface area contributed by atoms with E-state index < -0.39 is 0 Å². The number of thioether (sulfide) groups is 2. The van der Waals surface area contributed by atoms with Crippen molar-refractivity contribution < 1.29 is 0 Å². The van der Waals surface area contributed by atoms with E-state index in [1.54, 1.807) is 0 Å². The van der Waals surface area contributed by atoms with E-state index in [4.69, 9.17) is 4.99 Å². The fourth-order valence-electron chi connectivity index (χ4n) is 4.45. The third-order valence-corrected chi connectivity index (χ3v) is 11.7. The fraction of sp³-hybridized carbons (Fsp3) is 0.467. The smallest absolute Gasteiger partial charge is 0.0844 e. The number of allylic oxidation sites excluding steroid dienone is 1. The second-order valence-electron chi connectivity index (χ2n) is 9.31. The predicted molar refractivity (Wildman–Crippen MR) is 164 cm³/mol. The van der Waals surface area contributed by atoms with Gasteiger partial charge in [-0.25, -0.2) is 0 Å². The molecule has 0 spiro atoms. The first-order valence-electron chi connectivity index (χ1n) is 13.4. The molecule has 1 aliphatic rings. The molecule has 3 aromatic heterocycles. The third kappa shape index (κ3) is 7.37. The Bertz CT molecular complexity index is 1060. The molecule has 0 saturated heterocycles. The number of thiophene rings is 2. The molecule has 3 aromatic rings. The second-order valence-corrected chi connectivity index (χ2v) is 14.3. The maximum atomic E-state index is 4.79. The Morgan fingerprint density at radius 1 is 0.778 bits per heavy atom. The van der Waals surface area contributed by atoms with Gasteiger partial charge in [0.2, 0.25) is 0 Å². The van der Waals surface area contributed by atoms with Gasteiger partial charge < -0.3 is 0 Å². The van der Waals surface area contributed by atoms with Crippen molar-refractivity contribution in [1.82, 2.24) is 4.98 Å². The van der Waals surface area contributed by atoms with Gasteiger partial charge in [-0.3, -0.25) is 9.98 Å². The molecule has 2 nitrogen and oxygen atoms in total. The van der Waals surface area contributed by atoms with Crippen LogP contribution < -0.4 is 0 Å². The van der Waals surface area contributed by atoms with Crippen LogP contribution in [-0.2, 0) is 5.41 Å². The first kappa shape index (κ1) is 27.7. The van der Waals surface area contributed by atoms with Gasteiger partial charge >= 0.3 is 0 Å². The van der Waals surface area contributed by atoms with Crippen LogP contribution in [0.25, 0.3) is 0 Å². The van der Waals surface area contributed by atoms with Gasteiger partial charge in [0.15, 0.2) is 0 Å². The number of pyridine rings is 1. The van der Waals surface area contributed by atoms with E-state index in [0.29, 0.717) is 0 Å². The summed E-state index contributed by atoms with van der Waals surface area (Å²) in [6.07, 6.45) is 17.6. The van der Waals surface area contributed by atoms with E-state index in [0.717, 1.165) is 17.8 Å². The Balaban J connectivity index is 1.55. The van der Waals surface area contributed by atoms with Crippen molar-refractivity contribution in [3.63, 3.8) is 0 Å². The van der Waals surface area contributed by atoms with Crippen molar-refractivity contribution in [3.05, 3.63) is 76.4 Å². The first-order valence-corrected chi connectivity index (χ1v) is 17.0. The van der Waals surface area contributed by atoms with Crippen LogP contribution in [-0.4, -0.2) is 22.2 Å². The lowest BCUT2D eigenvalue weighted by molar-refractivity contribution is 0.692. The second kappa shape index (κ2) is 14.6. The van der Waals surface area contributed by atoms with E-state index >= 15 is 0 Å². The highest BCUT2D eigenvalue weighted by molar-refractivity contribution is 8.01. The molecule has 1 aliphatic heterocycles. The van der Waals surface area contributed by atoms with Gasteiger partial charge in [0, 0.05) is 28.6 Å². The summed E-state index contributed by atoms with van der Waals surface area (Å²) in [7, 11) is 0. The highest BCUT2D eigenvalue weighted by Crippen LogP contribution is 2.48. The molecule has 0 N–H and O–H groups in total. The topological polar surface area (TPSA) is 25.2 Å². The molecular weight excluding hydrogens is 517 g/mol. The first-order chi connectivity index (χ1) is 17.7. The Morgan fingerprint density at radius 3 is 1.97 bits per heavy atom. The lowest BCUT2D eigenvalue weighted by Gasteiger charge is -2.31. The fourth-order valence-corrected chi connectivity index (χ4v) is 9.30. The number of hydrogen-bond donors (Lipinski definition) is 0. The van der Waals surface area contributed by atoms with Crippen molar-refractivity contribution in [1.29, 1.82) is 0 Å². The molecule has 0 unspecified atom stereocenters. The van der Waals surface area contributed by atoms with E-state index in [1.165, 1.54) is 81.0 Å². The molecule has 4 rings (SSSR count). The minimum absolute atomic E-state index is 0.175. The number of aromatic nitrogens is 1. The van der Waals surface area contributed by atoms with Crippen LogP contribution in [0.4, 0.5) is 0 Å². The summed E-state index contributed by atoms with van der Waals surface area (Å²) >= 11 is 7.97. The largest absolute Gasteiger partial charge is 0.259 e. The van der Waals surface area contributed by atoms with Crippen LogP contribution >= 0.6 is 46.2 Å². The van der Waals surface area contributed by atoms with Gasteiger partial charge in [-0.05, 0) is 66.8 Å². The molecule has 6 heteroatoms. The zero-order valence-electron chi connectivity index (χ0n) is 21.6. The summed E-state index contributed by atoms with van der Waals surface area (Å²) in [6, 6.07) is 15.5. The van der Waals surface area contributed by atoms with E-state index in [2.05, 4.69) is 61.3 Å². The maximum absolute atomic E-state index is 4.79. The summed E-state index contributed by atoms with van der Waals surface area (Å²) in [5.74, 6) is 2.42. The van der Waals surface area contributed by atoms with Gasteiger partial charge in [-0.15, -0.1) is 46.2 Å². The van der Waals surface area contributed by atoms with Crippen LogP contribution in [0.1, 0.15) is 87.1 Å². The molecule has 0 aliphatic carbocycles. The minimum atomic E-state index is -0.175. The van der Waals surface area contributed by atoms with E-state index in [9.17, 15) is 0 Å². The highest BCUT2D eigenvalue weighted by atomic mass is 32.2. The molecule has 0 amide bonds. The highest BCUT2D eigenvalue weighted by Gasteiger charge is 2.38.